The van der Waals surface area contributed by atoms with Crippen molar-refractivity contribution in [3.63, 3.8) is 0 Å². The third kappa shape index (κ3) is 2.96. The van der Waals surface area contributed by atoms with E-state index in [4.69, 9.17) is 4.74 Å². The Bertz CT molecular complexity index is 183. The molecule has 1 amide bonds. The van der Waals surface area contributed by atoms with Crippen LogP contribution in [-0.2, 0) is 9.53 Å². The van der Waals surface area contributed by atoms with E-state index in [1.165, 1.54) is 0 Å². The molecule has 1 aliphatic rings. The van der Waals surface area contributed by atoms with Crippen LogP contribution < -0.4 is 5.32 Å². The minimum absolute atomic E-state index is 0.216. The zero-order valence-corrected chi connectivity index (χ0v) is 9.08. The van der Waals surface area contributed by atoms with E-state index >= 15 is 0 Å². The Morgan fingerprint density at radius 3 is 3.07 bits per heavy atom. The fourth-order valence-electron chi connectivity index (χ4n) is 1.75. The summed E-state index contributed by atoms with van der Waals surface area (Å²) in [5.41, 5.74) is 0. The van der Waals surface area contributed by atoms with Crippen LogP contribution in [0.1, 0.15) is 19.8 Å². The fourth-order valence-corrected chi connectivity index (χ4v) is 1.75. The van der Waals surface area contributed by atoms with Gasteiger partial charge >= 0.3 is 0 Å². The Morgan fingerprint density at radius 1 is 1.64 bits per heavy atom. The number of carbonyl (C=O) groups is 1. The van der Waals surface area contributed by atoms with E-state index in [0.717, 1.165) is 19.5 Å². The number of rotatable bonds is 4. The van der Waals surface area contributed by atoms with Crippen LogP contribution in [0.25, 0.3) is 0 Å². The second-order valence-corrected chi connectivity index (χ2v) is 3.62. The lowest BCUT2D eigenvalue weighted by Crippen LogP contribution is -2.52. The molecule has 0 aromatic heterocycles. The minimum atomic E-state index is 0.216. The molecule has 0 radical (unpaired) electrons. The molecule has 82 valence electrons. The van der Waals surface area contributed by atoms with Crippen molar-refractivity contribution in [2.75, 3.05) is 33.4 Å². The van der Waals surface area contributed by atoms with Crippen LogP contribution in [0, 0.1) is 0 Å². The normalized spacial score (nSPS) is 22.4. The minimum Gasteiger partial charge on any atom is -0.377 e. The monoisotopic (exact) mass is 200 g/mol. The molecule has 0 aromatic rings. The maximum Gasteiger partial charge on any atom is 0.223 e. The van der Waals surface area contributed by atoms with Crippen molar-refractivity contribution in [2.24, 2.45) is 0 Å². The topological polar surface area (TPSA) is 41.6 Å². The highest BCUT2D eigenvalue weighted by molar-refractivity contribution is 5.76. The van der Waals surface area contributed by atoms with Crippen molar-refractivity contribution in [1.29, 1.82) is 0 Å². The van der Waals surface area contributed by atoms with Crippen molar-refractivity contribution in [3.8, 4) is 0 Å². The van der Waals surface area contributed by atoms with Gasteiger partial charge in [-0.05, 0) is 13.5 Å². The van der Waals surface area contributed by atoms with Crippen LogP contribution in [0.2, 0.25) is 0 Å². The number of hydrogen-bond donors (Lipinski definition) is 1. The fraction of sp³-hybridized carbons (Fsp3) is 0.900. The van der Waals surface area contributed by atoms with E-state index in [1.807, 2.05) is 18.9 Å². The van der Waals surface area contributed by atoms with Gasteiger partial charge in [0.05, 0.1) is 19.3 Å². The first-order valence-electron chi connectivity index (χ1n) is 5.31. The van der Waals surface area contributed by atoms with Crippen LogP contribution in [0.4, 0.5) is 0 Å². The van der Waals surface area contributed by atoms with Gasteiger partial charge in [-0.2, -0.15) is 0 Å². The van der Waals surface area contributed by atoms with Gasteiger partial charge in [0.15, 0.2) is 0 Å². The summed E-state index contributed by atoms with van der Waals surface area (Å²) < 4.78 is 5.36. The summed E-state index contributed by atoms with van der Waals surface area (Å²) >= 11 is 0. The summed E-state index contributed by atoms with van der Waals surface area (Å²) in [5, 5.41) is 3.09. The third-order valence-corrected chi connectivity index (χ3v) is 2.45. The van der Waals surface area contributed by atoms with E-state index in [2.05, 4.69) is 5.32 Å². The Labute approximate surface area is 85.6 Å². The molecule has 1 aliphatic heterocycles. The van der Waals surface area contributed by atoms with Crippen LogP contribution in [0.3, 0.4) is 0 Å². The molecule has 0 spiro atoms. The van der Waals surface area contributed by atoms with Gasteiger partial charge in [0, 0.05) is 19.5 Å². The number of nitrogens with one attached hydrogen (secondary N) is 1. The number of nitrogens with zero attached hydrogens (tertiary/aromatic N) is 1. The first-order valence-corrected chi connectivity index (χ1v) is 5.31. The van der Waals surface area contributed by atoms with Gasteiger partial charge in [0.2, 0.25) is 5.91 Å². The molecule has 0 bridgehead atoms. The number of amides is 1. The van der Waals surface area contributed by atoms with Crippen molar-refractivity contribution < 1.29 is 9.53 Å². The zero-order chi connectivity index (χ0) is 10.4. The number of morpholine rings is 1. The van der Waals surface area contributed by atoms with Crippen molar-refractivity contribution >= 4 is 5.91 Å². The average Bonchev–Trinajstić information content (AvgIpc) is 2.19. The van der Waals surface area contributed by atoms with Crippen LogP contribution in [0.5, 0.6) is 0 Å². The summed E-state index contributed by atoms with van der Waals surface area (Å²) in [6.45, 7) is 4.93. The van der Waals surface area contributed by atoms with Crippen molar-refractivity contribution in [2.45, 2.75) is 25.8 Å². The molecule has 1 rings (SSSR count). The molecule has 0 saturated carbocycles. The van der Waals surface area contributed by atoms with Gasteiger partial charge in [0.1, 0.15) is 0 Å². The second kappa shape index (κ2) is 5.98. The summed E-state index contributed by atoms with van der Waals surface area (Å²) in [7, 11) is 1.90. The van der Waals surface area contributed by atoms with E-state index < -0.39 is 0 Å². The molecule has 1 atom stereocenters. The van der Waals surface area contributed by atoms with Gasteiger partial charge in [-0.3, -0.25) is 4.79 Å². The zero-order valence-electron chi connectivity index (χ0n) is 9.08. The third-order valence-electron chi connectivity index (χ3n) is 2.45. The smallest absolute Gasteiger partial charge is 0.223 e. The largest absolute Gasteiger partial charge is 0.377 e. The summed E-state index contributed by atoms with van der Waals surface area (Å²) in [4.78, 5) is 13.7. The number of ether oxygens (including phenoxy) is 1. The highest BCUT2D eigenvalue weighted by atomic mass is 16.5. The van der Waals surface area contributed by atoms with E-state index in [1.54, 1.807) is 0 Å². The van der Waals surface area contributed by atoms with Crippen molar-refractivity contribution in [1.82, 2.24) is 10.2 Å². The molecule has 14 heavy (non-hydrogen) atoms. The molecule has 1 fully saturated rings. The standard InChI is InChI=1S/C10H20N2O2/c1-3-4-10(13)12-5-6-14-8-9(12)7-11-2/h9,11H,3-8H2,1-2H3. The quantitative estimate of drug-likeness (QED) is 0.706. The van der Waals surface area contributed by atoms with Crippen LogP contribution in [-0.4, -0.2) is 50.2 Å². The molecular formula is C10H20N2O2. The van der Waals surface area contributed by atoms with E-state index in [0.29, 0.717) is 19.6 Å². The number of likely N-dealkylation sites (N-methyl/N-ethyl adjacent to an activating group) is 1. The molecule has 4 nitrogen and oxygen atoms in total. The maximum atomic E-state index is 11.7. The highest BCUT2D eigenvalue weighted by Gasteiger charge is 2.25. The maximum absolute atomic E-state index is 11.7. The second-order valence-electron chi connectivity index (χ2n) is 3.62. The summed E-state index contributed by atoms with van der Waals surface area (Å²) in [5.74, 6) is 0.260. The molecule has 1 heterocycles. The van der Waals surface area contributed by atoms with Crippen LogP contribution >= 0.6 is 0 Å². The lowest BCUT2D eigenvalue weighted by atomic mass is 10.2. The van der Waals surface area contributed by atoms with Gasteiger partial charge in [-0.25, -0.2) is 0 Å². The van der Waals surface area contributed by atoms with Gasteiger partial charge in [-0.15, -0.1) is 0 Å². The van der Waals surface area contributed by atoms with Crippen molar-refractivity contribution in [3.05, 3.63) is 0 Å². The molecule has 1 unspecified atom stereocenters. The average molecular weight is 200 g/mol. The number of carbonyl (C=O) groups excluding carboxylic acids is 1. The molecule has 0 aliphatic carbocycles. The Balaban J connectivity index is 2.48. The van der Waals surface area contributed by atoms with Gasteiger partial charge in [0.25, 0.3) is 0 Å². The summed E-state index contributed by atoms with van der Waals surface area (Å²) in [6, 6.07) is 0.216. The molecule has 0 aromatic carbocycles. The predicted molar refractivity (Wildman–Crippen MR) is 55.2 cm³/mol. The van der Waals surface area contributed by atoms with E-state index in [9.17, 15) is 4.79 Å². The van der Waals surface area contributed by atoms with E-state index in [-0.39, 0.29) is 11.9 Å². The number of hydrogen-bond acceptors (Lipinski definition) is 3. The van der Waals surface area contributed by atoms with Crippen LogP contribution in [0.15, 0.2) is 0 Å². The SMILES string of the molecule is CCCC(=O)N1CCOCC1CNC. The Kier molecular flexibility index (Phi) is 4.90. The Hall–Kier alpha value is -0.610. The molecule has 1 saturated heterocycles. The first-order chi connectivity index (χ1) is 6.79. The Morgan fingerprint density at radius 2 is 2.43 bits per heavy atom. The van der Waals surface area contributed by atoms with Gasteiger partial charge in [-0.1, -0.05) is 6.92 Å². The summed E-state index contributed by atoms with van der Waals surface area (Å²) in [6.07, 6.45) is 1.57. The molecule has 4 heteroatoms. The lowest BCUT2D eigenvalue weighted by Gasteiger charge is -2.35. The highest BCUT2D eigenvalue weighted by Crippen LogP contribution is 2.08. The predicted octanol–water partition coefficient (Wildman–Crippen LogP) is 0.233. The molecular weight excluding hydrogens is 180 g/mol. The molecule has 1 N–H and O–H groups in total. The first kappa shape index (κ1) is 11.5. The lowest BCUT2D eigenvalue weighted by molar-refractivity contribution is -0.139. The van der Waals surface area contributed by atoms with Gasteiger partial charge < -0.3 is 15.0 Å².